The summed E-state index contributed by atoms with van der Waals surface area (Å²) in [5.41, 5.74) is 6.22. The summed E-state index contributed by atoms with van der Waals surface area (Å²) >= 11 is 12.7. The van der Waals surface area contributed by atoms with Crippen molar-refractivity contribution >= 4 is 35.1 Å². The molecule has 1 saturated carbocycles. The van der Waals surface area contributed by atoms with Gasteiger partial charge in [0.1, 0.15) is 6.61 Å². The van der Waals surface area contributed by atoms with Gasteiger partial charge in [0.05, 0.1) is 22.7 Å². The Hall–Kier alpha value is -2.07. The van der Waals surface area contributed by atoms with Crippen LogP contribution in [0.25, 0.3) is 11.5 Å². The molecule has 1 atom stereocenters. The quantitative estimate of drug-likeness (QED) is 0.599. The topological polar surface area (TPSA) is 118 Å². The first kappa shape index (κ1) is 24.1. The number of carbonyl (C=O) groups excluding carboxylic acids is 1. The van der Waals surface area contributed by atoms with Gasteiger partial charge in [-0.15, -0.1) is 0 Å². The lowest BCUT2D eigenvalue weighted by Crippen LogP contribution is -2.50. The molecule has 1 aliphatic carbocycles. The van der Waals surface area contributed by atoms with E-state index in [0.29, 0.717) is 37.7 Å². The van der Waals surface area contributed by atoms with Crippen LogP contribution < -0.4 is 15.4 Å². The largest absolute Gasteiger partial charge is 0.489 e. The van der Waals surface area contributed by atoms with Crippen molar-refractivity contribution in [1.82, 2.24) is 15.0 Å². The van der Waals surface area contributed by atoms with Crippen molar-refractivity contribution in [2.75, 3.05) is 44.3 Å². The van der Waals surface area contributed by atoms with Crippen LogP contribution >= 0.6 is 23.2 Å². The van der Waals surface area contributed by atoms with Crippen molar-refractivity contribution in [2.45, 2.75) is 38.1 Å². The number of aromatic nitrogens is 2. The summed E-state index contributed by atoms with van der Waals surface area (Å²) in [6.07, 6.45) is 5.56. The number of amides is 1. The van der Waals surface area contributed by atoms with Crippen LogP contribution in [0.2, 0.25) is 10.0 Å². The van der Waals surface area contributed by atoms with Crippen molar-refractivity contribution in [1.29, 1.82) is 0 Å². The summed E-state index contributed by atoms with van der Waals surface area (Å²) in [6, 6.07) is 2.73. The van der Waals surface area contributed by atoms with Crippen LogP contribution in [-0.2, 0) is 4.79 Å². The van der Waals surface area contributed by atoms with E-state index in [1.54, 1.807) is 12.1 Å². The van der Waals surface area contributed by atoms with Gasteiger partial charge in [0.2, 0.25) is 5.91 Å². The number of hydrogen-bond acceptors (Lipinski definition) is 8. The van der Waals surface area contributed by atoms with Gasteiger partial charge < -0.3 is 29.9 Å². The van der Waals surface area contributed by atoms with E-state index in [-0.39, 0.29) is 46.7 Å². The molecule has 1 aromatic heterocycles. The molecule has 2 fully saturated rings. The van der Waals surface area contributed by atoms with Crippen LogP contribution in [0.1, 0.15) is 32.1 Å². The summed E-state index contributed by atoms with van der Waals surface area (Å²) in [5.74, 6) is 1.51. The Labute approximate surface area is 202 Å². The predicted molar refractivity (Wildman–Crippen MR) is 126 cm³/mol. The molecule has 1 saturated heterocycles. The molecule has 9 nitrogen and oxygen atoms in total. The monoisotopic (exact) mass is 497 g/mol. The Balaban J connectivity index is 1.38. The van der Waals surface area contributed by atoms with E-state index in [2.05, 4.69) is 10.1 Å². The molecule has 0 unspecified atom stereocenters. The fraction of sp³-hybridized carbons (Fsp3) is 0.591. The van der Waals surface area contributed by atoms with Gasteiger partial charge in [-0.1, -0.05) is 42.5 Å². The van der Waals surface area contributed by atoms with Crippen molar-refractivity contribution in [2.24, 2.45) is 11.7 Å². The van der Waals surface area contributed by atoms with E-state index in [1.165, 1.54) is 6.42 Å². The molecular weight excluding hydrogens is 469 g/mol. The fourth-order valence-corrected chi connectivity index (χ4v) is 4.86. The molecule has 1 amide bonds. The number of anilines is 1. The molecule has 4 rings (SSSR count). The number of nitrogens with zero attached hydrogens (tertiary/aromatic N) is 4. The van der Waals surface area contributed by atoms with Crippen molar-refractivity contribution in [3.8, 4) is 17.2 Å². The molecular formula is C22H29Cl2N5O4. The third-order valence-electron chi connectivity index (χ3n) is 6.17. The van der Waals surface area contributed by atoms with Crippen LogP contribution in [0.15, 0.2) is 16.7 Å². The van der Waals surface area contributed by atoms with Gasteiger partial charge in [0, 0.05) is 37.7 Å². The van der Waals surface area contributed by atoms with Crippen LogP contribution in [0.4, 0.5) is 5.95 Å². The van der Waals surface area contributed by atoms with E-state index in [1.807, 2.05) is 9.80 Å². The van der Waals surface area contributed by atoms with Crippen LogP contribution in [-0.4, -0.2) is 71.5 Å². The lowest BCUT2D eigenvalue weighted by molar-refractivity contribution is -0.136. The maximum Gasteiger partial charge on any atom is 0.266 e. The second-order valence-electron chi connectivity index (χ2n) is 8.57. The Kier molecular flexibility index (Phi) is 7.95. The van der Waals surface area contributed by atoms with E-state index >= 15 is 0 Å². The molecule has 2 aromatic rings. The number of nitrogens with two attached hydrogens (primary N) is 1. The molecule has 180 valence electrons. The van der Waals surface area contributed by atoms with Crippen molar-refractivity contribution < 1.29 is 19.2 Å². The number of ether oxygens (including phenoxy) is 1. The van der Waals surface area contributed by atoms with Gasteiger partial charge in [-0.2, -0.15) is 4.98 Å². The molecule has 0 spiro atoms. The highest BCUT2D eigenvalue weighted by Gasteiger charge is 2.29. The van der Waals surface area contributed by atoms with Crippen molar-refractivity contribution in [3.05, 3.63) is 22.2 Å². The number of hydrogen-bond donors (Lipinski definition) is 2. The maximum atomic E-state index is 12.8. The number of halogens is 2. The van der Waals surface area contributed by atoms with Gasteiger partial charge in [0.25, 0.3) is 11.8 Å². The second-order valence-corrected chi connectivity index (χ2v) is 9.38. The van der Waals surface area contributed by atoms with Crippen LogP contribution in [0.5, 0.6) is 5.75 Å². The number of aliphatic hydroxyl groups excluding tert-OH is 1. The molecule has 2 aliphatic rings. The molecule has 33 heavy (non-hydrogen) atoms. The van der Waals surface area contributed by atoms with E-state index in [0.717, 1.165) is 25.7 Å². The average molecular weight is 498 g/mol. The maximum absolute atomic E-state index is 12.8. The summed E-state index contributed by atoms with van der Waals surface area (Å²) in [6.45, 7) is 2.47. The van der Waals surface area contributed by atoms with Gasteiger partial charge in [0.15, 0.2) is 5.75 Å². The molecule has 2 heterocycles. The standard InChI is InChI=1S/C22H29Cl2N5O4/c23-17-10-15(11-18(24)19(17)32-13-16(25)12-30)20-26-22(27-33-20)29-8-6-28(7-9-29)21(31)14-4-2-1-3-5-14/h10-11,14,16,30H,1-9,12-13,25H2/t16-/m0/s1. The van der Waals surface area contributed by atoms with E-state index < -0.39 is 6.04 Å². The van der Waals surface area contributed by atoms with Crippen LogP contribution in [0, 0.1) is 5.92 Å². The Bertz CT molecular complexity index is 935. The lowest BCUT2D eigenvalue weighted by atomic mass is 9.88. The van der Waals surface area contributed by atoms with E-state index in [4.69, 9.17) is 43.3 Å². The summed E-state index contributed by atoms with van der Waals surface area (Å²) < 4.78 is 11.0. The van der Waals surface area contributed by atoms with Gasteiger partial charge in [-0.05, 0) is 30.1 Å². The molecule has 1 aliphatic heterocycles. The van der Waals surface area contributed by atoms with Gasteiger partial charge in [-0.25, -0.2) is 0 Å². The van der Waals surface area contributed by atoms with Gasteiger partial charge >= 0.3 is 0 Å². The minimum absolute atomic E-state index is 0.0786. The first-order valence-electron chi connectivity index (χ1n) is 11.3. The first-order valence-corrected chi connectivity index (χ1v) is 12.1. The zero-order valence-electron chi connectivity index (χ0n) is 18.4. The first-order chi connectivity index (χ1) is 16.0. The molecule has 11 heteroatoms. The summed E-state index contributed by atoms with van der Waals surface area (Å²) in [7, 11) is 0. The van der Waals surface area contributed by atoms with E-state index in [9.17, 15) is 4.79 Å². The number of carbonyl (C=O) groups is 1. The zero-order valence-corrected chi connectivity index (χ0v) is 19.9. The molecule has 0 bridgehead atoms. The Morgan fingerprint density at radius 3 is 2.48 bits per heavy atom. The highest BCUT2D eigenvalue weighted by Crippen LogP contribution is 2.37. The number of benzene rings is 1. The highest BCUT2D eigenvalue weighted by molar-refractivity contribution is 6.37. The fourth-order valence-electron chi connectivity index (χ4n) is 4.26. The summed E-state index contributed by atoms with van der Waals surface area (Å²) in [4.78, 5) is 21.3. The summed E-state index contributed by atoms with van der Waals surface area (Å²) in [5, 5.41) is 13.7. The molecule has 3 N–H and O–H groups in total. The van der Waals surface area contributed by atoms with Crippen molar-refractivity contribution in [3.63, 3.8) is 0 Å². The Morgan fingerprint density at radius 1 is 1.18 bits per heavy atom. The second kappa shape index (κ2) is 10.9. The minimum atomic E-state index is -0.534. The third-order valence-corrected chi connectivity index (χ3v) is 6.73. The third kappa shape index (κ3) is 5.71. The smallest absolute Gasteiger partial charge is 0.266 e. The minimum Gasteiger partial charge on any atom is -0.489 e. The number of piperazine rings is 1. The Morgan fingerprint density at radius 2 is 1.85 bits per heavy atom. The molecule has 0 radical (unpaired) electrons. The normalized spacial score (nSPS) is 18.4. The lowest BCUT2D eigenvalue weighted by Gasteiger charge is -2.36. The molecule has 1 aromatic carbocycles. The number of rotatable bonds is 7. The van der Waals surface area contributed by atoms with Gasteiger partial charge in [-0.3, -0.25) is 4.79 Å². The van der Waals surface area contributed by atoms with Crippen LogP contribution in [0.3, 0.4) is 0 Å². The zero-order chi connectivity index (χ0) is 23.4. The SMILES string of the molecule is N[C@@H](CO)COc1c(Cl)cc(-c2nc(N3CCN(C(=O)C4CCCCC4)CC3)no2)cc1Cl. The number of aliphatic hydroxyl groups is 1. The highest BCUT2D eigenvalue weighted by atomic mass is 35.5. The predicted octanol–water partition coefficient (Wildman–Crippen LogP) is 2.97. The average Bonchev–Trinajstić information content (AvgIpc) is 3.34.